The second kappa shape index (κ2) is 6.39. The van der Waals surface area contributed by atoms with Crippen molar-refractivity contribution in [3.05, 3.63) is 107 Å². The van der Waals surface area contributed by atoms with Gasteiger partial charge in [-0.1, -0.05) is 94.8 Å². The van der Waals surface area contributed by atoms with Gasteiger partial charge in [0.1, 0.15) is 0 Å². The van der Waals surface area contributed by atoms with Gasteiger partial charge in [0.25, 0.3) is 0 Å². The third kappa shape index (κ3) is 2.48. The molecule has 3 atom stereocenters. The molecule has 0 saturated heterocycles. The van der Waals surface area contributed by atoms with Gasteiger partial charge in [-0.3, -0.25) is 0 Å². The van der Waals surface area contributed by atoms with Crippen LogP contribution in [0.25, 0.3) is 0 Å². The van der Waals surface area contributed by atoms with Crippen LogP contribution >= 0.6 is 15.9 Å². The number of halogens is 1. The van der Waals surface area contributed by atoms with Gasteiger partial charge in [0, 0.05) is 10.2 Å². The smallest absolute Gasteiger partial charge is 0.0289 e. The first-order valence-electron chi connectivity index (χ1n) is 9.60. The molecule has 1 heteroatoms. The van der Waals surface area contributed by atoms with Gasteiger partial charge >= 0.3 is 0 Å². The van der Waals surface area contributed by atoms with Crippen LogP contribution in [0.4, 0.5) is 0 Å². The van der Waals surface area contributed by atoms with Gasteiger partial charge in [-0.25, -0.2) is 0 Å². The summed E-state index contributed by atoms with van der Waals surface area (Å²) in [5.74, 6) is 0.618. The van der Waals surface area contributed by atoms with Crippen LogP contribution in [0.1, 0.15) is 27.8 Å². The van der Waals surface area contributed by atoms with Gasteiger partial charge < -0.3 is 0 Å². The number of benzene rings is 3. The van der Waals surface area contributed by atoms with Crippen LogP contribution in [0.3, 0.4) is 0 Å². The monoisotopic (exact) mass is 402 g/mol. The van der Waals surface area contributed by atoms with Gasteiger partial charge in [-0.2, -0.15) is 0 Å². The first-order valence-corrected chi connectivity index (χ1v) is 10.5. The van der Waals surface area contributed by atoms with E-state index in [1.165, 1.54) is 29.5 Å². The lowest BCUT2D eigenvalue weighted by atomic mass is 9.58. The molecule has 0 bridgehead atoms. The predicted molar refractivity (Wildman–Crippen MR) is 112 cm³/mol. The summed E-state index contributed by atoms with van der Waals surface area (Å²) in [5, 5.41) is 0. The summed E-state index contributed by atoms with van der Waals surface area (Å²) < 4.78 is 0. The van der Waals surface area contributed by atoms with Crippen LogP contribution in [0, 0.1) is 5.92 Å². The highest BCUT2D eigenvalue weighted by atomic mass is 79.9. The molecule has 130 valence electrons. The van der Waals surface area contributed by atoms with Crippen molar-refractivity contribution in [3.63, 3.8) is 0 Å². The molecular weight excluding hydrogens is 380 g/mol. The van der Waals surface area contributed by atoms with E-state index < -0.39 is 0 Å². The summed E-state index contributed by atoms with van der Waals surface area (Å²) in [6, 6.07) is 29.4. The molecule has 0 nitrogen and oxygen atoms in total. The molecule has 2 aliphatic carbocycles. The molecule has 0 amide bonds. The molecule has 0 aromatic heterocycles. The summed E-state index contributed by atoms with van der Waals surface area (Å²) in [4.78, 5) is 0.444. The maximum atomic E-state index is 4.20. The lowest BCUT2D eigenvalue weighted by Crippen LogP contribution is -2.49. The van der Waals surface area contributed by atoms with E-state index in [9.17, 15) is 0 Å². The molecule has 0 N–H and O–H groups in total. The molecule has 3 aromatic carbocycles. The molecular formula is C25H23Br. The maximum Gasteiger partial charge on any atom is 0.0289 e. The second-order valence-electron chi connectivity index (χ2n) is 7.90. The zero-order chi connectivity index (χ0) is 17.6. The van der Waals surface area contributed by atoms with Gasteiger partial charge in [0.15, 0.2) is 0 Å². The summed E-state index contributed by atoms with van der Waals surface area (Å²) >= 11 is 4.20. The molecule has 0 heterocycles. The number of alkyl halides is 1. The van der Waals surface area contributed by atoms with Crippen LogP contribution in [0.15, 0.2) is 78.9 Å². The molecule has 0 spiro atoms. The van der Waals surface area contributed by atoms with Gasteiger partial charge in [0.2, 0.25) is 0 Å². The first kappa shape index (κ1) is 16.3. The minimum Gasteiger partial charge on any atom is -0.0877 e. The van der Waals surface area contributed by atoms with Gasteiger partial charge in [0.05, 0.1) is 0 Å². The van der Waals surface area contributed by atoms with Crippen molar-refractivity contribution in [1.29, 1.82) is 0 Å². The largest absolute Gasteiger partial charge is 0.0877 e. The highest BCUT2D eigenvalue weighted by Gasteiger charge is 2.49. The van der Waals surface area contributed by atoms with Crippen molar-refractivity contribution in [1.82, 2.24) is 0 Å². The lowest BCUT2D eigenvalue weighted by molar-refractivity contribution is 0.243. The fraction of sp³-hybridized carbons (Fsp3) is 0.280. The highest BCUT2D eigenvalue weighted by molar-refractivity contribution is 9.09. The summed E-state index contributed by atoms with van der Waals surface area (Å²) in [6.07, 6.45) is 4.56. The van der Waals surface area contributed by atoms with E-state index in [0.717, 1.165) is 12.8 Å². The topological polar surface area (TPSA) is 0 Å². The van der Waals surface area contributed by atoms with Crippen molar-refractivity contribution < 1.29 is 0 Å². The normalized spacial score (nSPS) is 27.0. The Morgan fingerprint density at radius 2 is 1.12 bits per heavy atom. The first-order chi connectivity index (χ1) is 12.8. The van der Waals surface area contributed by atoms with Crippen LogP contribution in [0.2, 0.25) is 0 Å². The van der Waals surface area contributed by atoms with E-state index in [1.54, 1.807) is 11.1 Å². The highest BCUT2D eigenvalue weighted by Crippen LogP contribution is 2.51. The molecule has 0 unspecified atom stereocenters. The van der Waals surface area contributed by atoms with Gasteiger partial charge in [-0.05, 0) is 59.4 Å². The third-order valence-corrected chi connectivity index (χ3v) is 7.79. The lowest BCUT2D eigenvalue weighted by Gasteiger charge is -2.47. The summed E-state index contributed by atoms with van der Waals surface area (Å²) in [5.41, 5.74) is 7.77. The predicted octanol–water partition coefficient (Wildman–Crippen LogP) is 5.90. The standard InChI is InChI=1S/C25H23Br/c26-24-16-20-10-5-4-8-18(20)14-23-15-19-9-6-7-11-21(19)17-25(23,24)22-12-2-1-3-13-22/h1-13,23-24H,14-17H2/t23-,24-,25-/m1/s1. The van der Waals surface area contributed by atoms with Gasteiger partial charge in [-0.15, -0.1) is 0 Å². The molecule has 0 aliphatic heterocycles. The van der Waals surface area contributed by atoms with E-state index >= 15 is 0 Å². The van der Waals surface area contributed by atoms with E-state index in [1.807, 2.05) is 0 Å². The molecule has 3 aromatic rings. The van der Waals surface area contributed by atoms with Crippen LogP contribution in [-0.2, 0) is 31.1 Å². The van der Waals surface area contributed by atoms with Crippen LogP contribution in [-0.4, -0.2) is 4.83 Å². The maximum absolute atomic E-state index is 4.20. The number of fused-ring (bicyclic) bond motifs is 3. The zero-order valence-corrected chi connectivity index (χ0v) is 16.5. The Kier molecular flexibility index (Phi) is 4.01. The Balaban J connectivity index is 1.71. The third-order valence-electron chi connectivity index (χ3n) is 6.65. The van der Waals surface area contributed by atoms with Crippen molar-refractivity contribution in [3.8, 4) is 0 Å². The Morgan fingerprint density at radius 1 is 0.615 bits per heavy atom. The minimum atomic E-state index is 0.147. The molecule has 0 radical (unpaired) electrons. The zero-order valence-electron chi connectivity index (χ0n) is 14.9. The number of hydrogen-bond donors (Lipinski definition) is 0. The quantitative estimate of drug-likeness (QED) is 0.444. The van der Waals surface area contributed by atoms with Crippen molar-refractivity contribution in [2.24, 2.45) is 5.92 Å². The van der Waals surface area contributed by atoms with Crippen molar-refractivity contribution >= 4 is 15.9 Å². The van der Waals surface area contributed by atoms with E-state index in [-0.39, 0.29) is 5.41 Å². The molecule has 5 rings (SSSR count). The van der Waals surface area contributed by atoms with Crippen LogP contribution < -0.4 is 0 Å². The van der Waals surface area contributed by atoms with E-state index in [4.69, 9.17) is 0 Å². The van der Waals surface area contributed by atoms with Crippen LogP contribution in [0.5, 0.6) is 0 Å². The summed E-state index contributed by atoms with van der Waals surface area (Å²) in [7, 11) is 0. The molecule has 0 fully saturated rings. The average molecular weight is 403 g/mol. The fourth-order valence-electron chi connectivity index (χ4n) is 5.32. The fourth-order valence-corrected chi connectivity index (χ4v) is 6.47. The number of hydrogen-bond acceptors (Lipinski definition) is 0. The molecule has 26 heavy (non-hydrogen) atoms. The van der Waals surface area contributed by atoms with Crippen molar-refractivity contribution in [2.45, 2.75) is 35.9 Å². The average Bonchev–Trinajstić information content (AvgIpc) is 2.81. The SMILES string of the molecule is Br[C@@H]1Cc2ccccc2C[C@@H]2Cc3ccccc3C[C@@]21c1ccccc1. The van der Waals surface area contributed by atoms with E-state index in [2.05, 4.69) is 94.8 Å². The number of rotatable bonds is 1. The second-order valence-corrected chi connectivity index (χ2v) is 9.00. The summed E-state index contributed by atoms with van der Waals surface area (Å²) in [6.45, 7) is 0. The van der Waals surface area contributed by atoms with Crippen molar-refractivity contribution in [2.75, 3.05) is 0 Å². The Bertz CT molecular complexity index is 930. The Morgan fingerprint density at radius 3 is 1.77 bits per heavy atom. The molecule has 2 aliphatic rings. The minimum absolute atomic E-state index is 0.147. The Hall–Kier alpha value is -1.86. The van der Waals surface area contributed by atoms with E-state index in [0.29, 0.717) is 10.7 Å². The Labute approximate surface area is 164 Å². The molecule has 0 saturated carbocycles.